The van der Waals surface area contributed by atoms with E-state index in [4.69, 9.17) is 0 Å². The van der Waals surface area contributed by atoms with Gasteiger partial charge >= 0.3 is 0 Å². The van der Waals surface area contributed by atoms with Gasteiger partial charge in [-0.05, 0) is 43.1 Å². The maximum absolute atomic E-state index is 11.0. The maximum Gasteiger partial charge on any atom is 0.0984 e. The third kappa shape index (κ3) is 0.814. The number of rotatable bonds is 0. The quantitative estimate of drug-likeness (QED) is 0.643. The summed E-state index contributed by atoms with van der Waals surface area (Å²) in [6, 6.07) is 0. The van der Waals surface area contributed by atoms with Crippen molar-refractivity contribution in [2.75, 3.05) is 0 Å². The van der Waals surface area contributed by atoms with E-state index in [0.717, 1.165) is 5.57 Å². The highest BCUT2D eigenvalue weighted by molar-refractivity contribution is 5.43. The predicted molar refractivity (Wildman–Crippen MR) is 69.8 cm³/mol. The molecular formula is C16H20O2. The predicted octanol–water partition coefficient (Wildman–Crippen LogP) is 2.82. The molecule has 2 bridgehead atoms. The second-order valence-corrected chi connectivity index (χ2v) is 6.87. The van der Waals surface area contributed by atoms with Crippen LogP contribution in [0.15, 0.2) is 35.6 Å². The Morgan fingerprint density at radius 3 is 2.22 bits per heavy atom. The summed E-state index contributed by atoms with van der Waals surface area (Å²) in [7, 11) is 0. The SMILES string of the molecule is CC1=C(O)[C@H]2[C@@H]3C=C[C@@H]([C@H]4C=CC34)[C@@]2(C)C1(C)O. The van der Waals surface area contributed by atoms with Crippen molar-refractivity contribution in [2.45, 2.75) is 26.4 Å². The molecule has 5 rings (SSSR count). The molecule has 2 N–H and O–H groups in total. The van der Waals surface area contributed by atoms with Crippen molar-refractivity contribution in [3.8, 4) is 0 Å². The number of hydrogen-bond donors (Lipinski definition) is 2. The van der Waals surface area contributed by atoms with E-state index in [-0.39, 0.29) is 11.3 Å². The molecule has 0 aliphatic heterocycles. The third-order valence-corrected chi connectivity index (χ3v) is 6.58. The minimum absolute atomic E-state index is 0.0914. The zero-order chi connectivity index (χ0) is 12.9. The van der Waals surface area contributed by atoms with Crippen molar-refractivity contribution in [3.05, 3.63) is 35.6 Å². The Morgan fingerprint density at radius 1 is 1.00 bits per heavy atom. The minimum atomic E-state index is -0.899. The highest BCUT2D eigenvalue weighted by Crippen LogP contribution is 2.70. The number of aliphatic hydroxyl groups excluding tert-OH is 1. The van der Waals surface area contributed by atoms with Crippen LogP contribution in [0.25, 0.3) is 0 Å². The molecule has 18 heavy (non-hydrogen) atoms. The molecular weight excluding hydrogens is 224 g/mol. The Balaban J connectivity index is 1.96. The first-order valence-corrected chi connectivity index (χ1v) is 6.90. The molecule has 0 aromatic rings. The van der Waals surface area contributed by atoms with E-state index in [9.17, 15) is 10.2 Å². The first-order valence-electron chi connectivity index (χ1n) is 6.90. The standard InChI is InChI=1S/C16H20O2/c1-8-14(17)13-11-6-7-12(10-5-4-9(10)11)15(13,2)16(8,3)18/h4-7,9-13,17-18H,1-3H3/t9?,10-,11+,12-,13+,15+,16?/m0/s1. The summed E-state index contributed by atoms with van der Waals surface area (Å²) in [6.07, 6.45) is 9.12. The second-order valence-electron chi connectivity index (χ2n) is 6.87. The van der Waals surface area contributed by atoms with Crippen LogP contribution in [0.4, 0.5) is 0 Å². The zero-order valence-electron chi connectivity index (χ0n) is 11.1. The topological polar surface area (TPSA) is 40.5 Å². The van der Waals surface area contributed by atoms with Crippen LogP contribution in [-0.4, -0.2) is 15.8 Å². The summed E-state index contributed by atoms with van der Waals surface area (Å²) >= 11 is 0. The van der Waals surface area contributed by atoms with E-state index in [1.807, 2.05) is 13.8 Å². The summed E-state index contributed by atoms with van der Waals surface area (Å²) in [5.74, 6) is 2.37. The summed E-state index contributed by atoms with van der Waals surface area (Å²) in [6.45, 7) is 5.92. The number of aliphatic hydroxyl groups is 2. The summed E-state index contributed by atoms with van der Waals surface area (Å²) in [5, 5.41) is 21.5. The van der Waals surface area contributed by atoms with E-state index >= 15 is 0 Å². The Morgan fingerprint density at radius 2 is 1.61 bits per heavy atom. The minimum Gasteiger partial charge on any atom is -0.512 e. The monoisotopic (exact) mass is 244 g/mol. The van der Waals surface area contributed by atoms with Gasteiger partial charge in [-0.2, -0.15) is 0 Å². The van der Waals surface area contributed by atoms with Crippen LogP contribution in [0.5, 0.6) is 0 Å². The van der Waals surface area contributed by atoms with Crippen LogP contribution in [0.3, 0.4) is 0 Å². The van der Waals surface area contributed by atoms with E-state index in [1.54, 1.807) is 0 Å². The first kappa shape index (κ1) is 10.9. The molecule has 0 amide bonds. The lowest BCUT2D eigenvalue weighted by Crippen LogP contribution is -2.61. The molecule has 0 spiro atoms. The Hall–Kier alpha value is -1.02. The molecule has 0 aromatic carbocycles. The molecule has 5 aliphatic carbocycles. The normalized spacial score (nSPS) is 59.7. The molecule has 1 fully saturated rings. The zero-order valence-corrected chi connectivity index (χ0v) is 11.1. The highest BCUT2D eigenvalue weighted by atomic mass is 16.3. The summed E-state index contributed by atoms with van der Waals surface area (Å²) < 4.78 is 0. The maximum atomic E-state index is 11.0. The lowest BCUT2D eigenvalue weighted by atomic mass is 9.42. The Kier molecular flexibility index (Phi) is 1.67. The fraction of sp³-hybridized carbons (Fsp3) is 0.625. The molecule has 7 atom stereocenters. The van der Waals surface area contributed by atoms with E-state index in [0.29, 0.717) is 29.4 Å². The molecule has 2 nitrogen and oxygen atoms in total. The molecule has 2 unspecified atom stereocenters. The van der Waals surface area contributed by atoms with Gasteiger partial charge in [0.15, 0.2) is 0 Å². The third-order valence-electron chi connectivity index (χ3n) is 6.58. The van der Waals surface area contributed by atoms with E-state index < -0.39 is 5.60 Å². The van der Waals surface area contributed by atoms with Crippen LogP contribution in [-0.2, 0) is 0 Å². The van der Waals surface area contributed by atoms with Crippen LogP contribution >= 0.6 is 0 Å². The Bertz CT molecular complexity index is 525. The lowest BCUT2D eigenvalue weighted by Gasteiger charge is -2.61. The molecule has 1 saturated carbocycles. The Labute approximate surface area is 108 Å². The number of allylic oxidation sites excluding steroid dienone is 5. The van der Waals surface area contributed by atoms with Crippen molar-refractivity contribution < 1.29 is 10.2 Å². The van der Waals surface area contributed by atoms with Gasteiger partial charge in [-0.3, -0.25) is 0 Å². The van der Waals surface area contributed by atoms with Gasteiger partial charge in [-0.1, -0.05) is 31.2 Å². The molecule has 2 heteroatoms. The molecule has 0 saturated heterocycles. The molecule has 5 aliphatic rings. The van der Waals surface area contributed by atoms with Gasteiger partial charge in [-0.15, -0.1) is 0 Å². The van der Waals surface area contributed by atoms with Crippen molar-refractivity contribution in [1.82, 2.24) is 0 Å². The summed E-state index contributed by atoms with van der Waals surface area (Å²) in [4.78, 5) is 0. The highest BCUT2D eigenvalue weighted by Gasteiger charge is 2.69. The van der Waals surface area contributed by atoms with Crippen LogP contribution in [0.2, 0.25) is 0 Å². The van der Waals surface area contributed by atoms with Crippen molar-refractivity contribution >= 4 is 0 Å². The smallest absolute Gasteiger partial charge is 0.0984 e. The van der Waals surface area contributed by atoms with Gasteiger partial charge in [-0.25, -0.2) is 0 Å². The molecule has 0 radical (unpaired) electrons. The van der Waals surface area contributed by atoms with Gasteiger partial charge in [0.05, 0.1) is 11.4 Å². The van der Waals surface area contributed by atoms with Gasteiger partial charge < -0.3 is 10.2 Å². The fourth-order valence-corrected chi connectivity index (χ4v) is 5.14. The molecule has 96 valence electrons. The molecule has 0 aromatic heterocycles. The van der Waals surface area contributed by atoms with Crippen LogP contribution in [0, 0.1) is 35.0 Å². The van der Waals surface area contributed by atoms with Gasteiger partial charge in [0.2, 0.25) is 0 Å². The average Bonchev–Trinajstić information content (AvgIpc) is 2.40. The van der Waals surface area contributed by atoms with E-state index in [2.05, 4.69) is 31.2 Å². The second kappa shape index (κ2) is 2.77. The van der Waals surface area contributed by atoms with Crippen molar-refractivity contribution in [2.24, 2.45) is 35.0 Å². The fourth-order valence-electron chi connectivity index (χ4n) is 5.14. The largest absolute Gasteiger partial charge is 0.512 e. The van der Waals surface area contributed by atoms with Crippen molar-refractivity contribution in [1.29, 1.82) is 0 Å². The lowest BCUT2D eigenvalue weighted by molar-refractivity contribution is -0.131. The van der Waals surface area contributed by atoms with Gasteiger partial charge in [0, 0.05) is 11.3 Å². The summed E-state index contributed by atoms with van der Waals surface area (Å²) in [5.41, 5.74) is -0.383. The van der Waals surface area contributed by atoms with Gasteiger partial charge in [0.25, 0.3) is 0 Å². The average molecular weight is 244 g/mol. The van der Waals surface area contributed by atoms with Gasteiger partial charge in [0.1, 0.15) is 0 Å². The number of hydrogen-bond acceptors (Lipinski definition) is 2. The van der Waals surface area contributed by atoms with E-state index in [1.165, 1.54) is 0 Å². The van der Waals surface area contributed by atoms with Crippen molar-refractivity contribution in [3.63, 3.8) is 0 Å². The van der Waals surface area contributed by atoms with Crippen LogP contribution in [0.1, 0.15) is 20.8 Å². The molecule has 0 heterocycles. The first-order chi connectivity index (χ1) is 8.40. The van der Waals surface area contributed by atoms with Crippen LogP contribution < -0.4 is 0 Å².